The minimum atomic E-state index is -1.38. The molecule has 0 radical (unpaired) electrons. The van der Waals surface area contributed by atoms with Crippen molar-refractivity contribution in [3.8, 4) is 0 Å². The summed E-state index contributed by atoms with van der Waals surface area (Å²) in [7, 11) is 0. The molecule has 0 saturated heterocycles. The maximum absolute atomic E-state index is 10.8. The topological polar surface area (TPSA) is 104 Å². The Bertz CT molecular complexity index is 436. The van der Waals surface area contributed by atoms with Gasteiger partial charge in [-0.3, -0.25) is 4.79 Å². The van der Waals surface area contributed by atoms with Gasteiger partial charge in [-0.05, 0) is 0 Å². The van der Waals surface area contributed by atoms with Crippen LogP contribution in [0, 0.1) is 0 Å². The Morgan fingerprint density at radius 1 is 1.27 bits per heavy atom. The molecule has 1 heterocycles. The average Bonchev–Trinajstić information content (AvgIpc) is 2.46. The van der Waals surface area contributed by atoms with Crippen molar-refractivity contribution in [3.05, 3.63) is 15.8 Å². The maximum atomic E-state index is 10.8. The van der Waals surface area contributed by atoms with Gasteiger partial charge >= 0.3 is 11.9 Å². The second-order valence-electron chi connectivity index (χ2n) is 2.64. The van der Waals surface area contributed by atoms with Crippen LogP contribution in [0.4, 0.5) is 5.69 Å². The van der Waals surface area contributed by atoms with Crippen LogP contribution in [0.2, 0.25) is 0 Å². The molecule has 0 spiro atoms. The Morgan fingerprint density at radius 3 is 2.27 bits per heavy atom. The van der Waals surface area contributed by atoms with Gasteiger partial charge in [0, 0.05) is 12.3 Å². The zero-order chi connectivity index (χ0) is 11.6. The number of nitrogens with one attached hydrogen (secondary N) is 1. The van der Waals surface area contributed by atoms with Crippen LogP contribution in [0.5, 0.6) is 0 Å². The van der Waals surface area contributed by atoms with Crippen LogP contribution in [-0.4, -0.2) is 28.1 Å². The molecule has 1 rings (SSSR count). The van der Waals surface area contributed by atoms with Crippen molar-refractivity contribution >= 4 is 34.9 Å². The first-order valence-corrected chi connectivity index (χ1v) is 4.67. The van der Waals surface area contributed by atoms with E-state index in [1.807, 2.05) is 0 Å². The fourth-order valence-corrected chi connectivity index (χ4v) is 1.84. The van der Waals surface area contributed by atoms with E-state index in [9.17, 15) is 14.4 Å². The highest BCUT2D eigenvalue weighted by Crippen LogP contribution is 2.27. The lowest BCUT2D eigenvalue weighted by Gasteiger charge is -2.00. The lowest BCUT2D eigenvalue weighted by atomic mass is 10.2. The van der Waals surface area contributed by atoms with Gasteiger partial charge in [-0.15, -0.1) is 11.3 Å². The van der Waals surface area contributed by atoms with Gasteiger partial charge in [0.2, 0.25) is 5.91 Å². The molecule has 0 aliphatic carbocycles. The second kappa shape index (κ2) is 4.09. The van der Waals surface area contributed by atoms with Crippen molar-refractivity contribution in [2.45, 2.75) is 6.92 Å². The summed E-state index contributed by atoms with van der Waals surface area (Å²) < 4.78 is 0. The molecule has 0 bridgehead atoms. The van der Waals surface area contributed by atoms with Crippen LogP contribution in [0.3, 0.4) is 0 Å². The van der Waals surface area contributed by atoms with Crippen LogP contribution < -0.4 is 5.32 Å². The summed E-state index contributed by atoms with van der Waals surface area (Å²) in [5.74, 6) is -3.15. The van der Waals surface area contributed by atoms with Gasteiger partial charge in [-0.1, -0.05) is 0 Å². The molecule has 1 amide bonds. The van der Waals surface area contributed by atoms with Crippen LogP contribution in [0.1, 0.15) is 27.0 Å². The highest BCUT2D eigenvalue weighted by Gasteiger charge is 2.23. The Balaban J connectivity index is 3.24. The number of carbonyl (C=O) groups excluding carboxylic acids is 1. The molecule has 0 saturated carbocycles. The number of hydrogen-bond acceptors (Lipinski definition) is 4. The monoisotopic (exact) mass is 229 g/mol. The molecule has 0 fully saturated rings. The molecule has 0 aliphatic heterocycles. The summed E-state index contributed by atoms with van der Waals surface area (Å²) in [5.41, 5.74) is -0.375. The molecular weight excluding hydrogens is 222 g/mol. The zero-order valence-electron chi connectivity index (χ0n) is 7.60. The summed E-state index contributed by atoms with van der Waals surface area (Å²) in [4.78, 5) is 31.9. The largest absolute Gasteiger partial charge is 0.478 e. The molecule has 6 nitrogen and oxygen atoms in total. The van der Waals surface area contributed by atoms with Gasteiger partial charge in [-0.25, -0.2) is 9.59 Å². The first kappa shape index (κ1) is 11.2. The number of anilines is 1. The van der Waals surface area contributed by atoms with Gasteiger partial charge in [0.1, 0.15) is 10.4 Å². The Labute approximate surface area is 88.2 Å². The molecule has 15 heavy (non-hydrogen) atoms. The zero-order valence-corrected chi connectivity index (χ0v) is 8.42. The third-order valence-electron chi connectivity index (χ3n) is 1.51. The van der Waals surface area contributed by atoms with E-state index in [1.54, 1.807) is 0 Å². The van der Waals surface area contributed by atoms with E-state index < -0.39 is 17.8 Å². The summed E-state index contributed by atoms with van der Waals surface area (Å²) in [6.07, 6.45) is 0. The molecule has 0 atom stereocenters. The number of hydrogen-bond donors (Lipinski definition) is 3. The van der Waals surface area contributed by atoms with Crippen molar-refractivity contribution in [3.63, 3.8) is 0 Å². The molecule has 0 aromatic carbocycles. The lowest BCUT2D eigenvalue weighted by molar-refractivity contribution is -0.114. The second-order valence-corrected chi connectivity index (χ2v) is 3.52. The lowest BCUT2D eigenvalue weighted by Crippen LogP contribution is -2.11. The maximum Gasteiger partial charge on any atom is 0.346 e. The quantitative estimate of drug-likeness (QED) is 0.720. The van der Waals surface area contributed by atoms with E-state index in [0.29, 0.717) is 0 Å². The molecule has 0 unspecified atom stereocenters. The highest BCUT2D eigenvalue weighted by molar-refractivity contribution is 7.13. The summed E-state index contributed by atoms with van der Waals surface area (Å²) in [5, 5.41) is 21.0. The number of aromatic carboxylic acids is 2. The van der Waals surface area contributed by atoms with E-state index in [-0.39, 0.29) is 16.1 Å². The molecule has 1 aromatic rings. The van der Waals surface area contributed by atoms with Crippen molar-refractivity contribution in [2.75, 3.05) is 5.32 Å². The molecule has 0 aliphatic rings. The predicted molar refractivity (Wildman–Crippen MR) is 52.5 cm³/mol. The number of carboxylic acids is 2. The van der Waals surface area contributed by atoms with Crippen molar-refractivity contribution < 1.29 is 24.6 Å². The Kier molecular flexibility index (Phi) is 3.05. The van der Waals surface area contributed by atoms with Crippen LogP contribution >= 0.6 is 11.3 Å². The first-order valence-electron chi connectivity index (χ1n) is 3.79. The summed E-state index contributed by atoms with van der Waals surface area (Å²) >= 11 is 0.759. The van der Waals surface area contributed by atoms with Crippen LogP contribution in [0.15, 0.2) is 5.38 Å². The third-order valence-corrected chi connectivity index (χ3v) is 2.48. The summed E-state index contributed by atoms with van der Waals surface area (Å²) in [6.45, 7) is 1.21. The summed E-state index contributed by atoms with van der Waals surface area (Å²) in [6, 6.07) is 0. The smallest absolute Gasteiger partial charge is 0.346 e. The molecule has 3 N–H and O–H groups in total. The van der Waals surface area contributed by atoms with Gasteiger partial charge in [0.15, 0.2) is 0 Å². The van der Waals surface area contributed by atoms with Gasteiger partial charge in [0.25, 0.3) is 0 Å². The fraction of sp³-hybridized carbons (Fsp3) is 0.125. The third kappa shape index (κ3) is 2.32. The van der Waals surface area contributed by atoms with E-state index in [1.165, 1.54) is 12.3 Å². The number of carboxylic acid groups (broad SMARTS) is 2. The fourth-order valence-electron chi connectivity index (χ4n) is 1.01. The molecular formula is C8H7NO5S. The molecule has 7 heteroatoms. The molecule has 80 valence electrons. The highest BCUT2D eigenvalue weighted by atomic mass is 32.1. The van der Waals surface area contributed by atoms with E-state index in [4.69, 9.17) is 10.2 Å². The number of amides is 1. The number of rotatable bonds is 3. The van der Waals surface area contributed by atoms with Crippen LogP contribution in [0.25, 0.3) is 0 Å². The average molecular weight is 229 g/mol. The van der Waals surface area contributed by atoms with Gasteiger partial charge < -0.3 is 15.5 Å². The van der Waals surface area contributed by atoms with Gasteiger partial charge in [-0.2, -0.15) is 0 Å². The van der Waals surface area contributed by atoms with Crippen molar-refractivity contribution in [1.82, 2.24) is 0 Å². The Morgan fingerprint density at radius 2 is 1.87 bits per heavy atom. The minimum absolute atomic E-state index is 0.0115. The molecule has 1 aromatic heterocycles. The first-order chi connectivity index (χ1) is 6.93. The van der Waals surface area contributed by atoms with Crippen molar-refractivity contribution in [2.24, 2.45) is 0 Å². The SMILES string of the molecule is CC(=O)Nc1csc(C(=O)O)c1C(=O)O. The van der Waals surface area contributed by atoms with E-state index in [2.05, 4.69) is 5.32 Å². The predicted octanol–water partition coefficient (Wildman–Crippen LogP) is 1.10. The van der Waals surface area contributed by atoms with E-state index in [0.717, 1.165) is 11.3 Å². The minimum Gasteiger partial charge on any atom is -0.478 e. The number of thiophene rings is 1. The Hall–Kier alpha value is -1.89. The standard InChI is InChI=1S/C8H7NO5S/c1-3(10)9-4-2-15-6(8(13)14)5(4)7(11)12/h2H,1H3,(H,9,10)(H,11,12)(H,13,14). The van der Waals surface area contributed by atoms with Crippen molar-refractivity contribution in [1.29, 1.82) is 0 Å². The number of carbonyl (C=O) groups is 3. The van der Waals surface area contributed by atoms with Crippen LogP contribution in [-0.2, 0) is 4.79 Å². The van der Waals surface area contributed by atoms with E-state index >= 15 is 0 Å². The van der Waals surface area contributed by atoms with Gasteiger partial charge in [0.05, 0.1) is 5.69 Å². The normalized spacial score (nSPS) is 9.67.